The molecule has 15 heavy (non-hydrogen) atoms. The summed E-state index contributed by atoms with van der Waals surface area (Å²) in [6.07, 6.45) is -0.985. The lowest BCUT2D eigenvalue weighted by molar-refractivity contribution is -0.149. The molecule has 0 aromatic heterocycles. The highest BCUT2D eigenvalue weighted by Gasteiger charge is 2.13. The van der Waals surface area contributed by atoms with Crippen LogP contribution in [0.1, 0.15) is 12.5 Å². The smallest absolute Gasteiger partial charge is 0.332 e. The van der Waals surface area contributed by atoms with Crippen molar-refractivity contribution in [1.82, 2.24) is 0 Å². The molecule has 1 aromatic carbocycles. The molecular weight excluding hydrogens is 223 g/mol. The summed E-state index contributed by atoms with van der Waals surface area (Å²) in [6, 6.07) is 4.24. The van der Waals surface area contributed by atoms with Gasteiger partial charge in [0.1, 0.15) is 5.82 Å². The monoisotopic (exact) mass is 232 g/mol. The van der Waals surface area contributed by atoms with E-state index in [0.717, 1.165) is 0 Å². The molecule has 1 rings (SSSR count). The van der Waals surface area contributed by atoms with Crippen LogP contribution in [0.5, 0.6) is 0 Å². The first kappa shape index (κ1) is 11.9. The Hall–Kier alpha value is -1.13. The number of benzene rings is 1. The summed E-state index contributed by atoms with van der Waals surface area (Å²) in [6.45, 7) is 1.22. The average molecular weight is 233 g/mol. The topological polar surface area (TPSA) is 46.5 Å². The summed E-state index contributed by atoms with van der Waals surface area (Å²) >= 11 is 5.73. The first-order valence-electron chi connectivity index (χ1n) is 4.29. The van der Waals surface area contributed by atoms with E-state index in [1.165, 1.54) is 25.1 Å². The molecule has 82 valence electrons. The maximum Gasteiger partial charge on any atom is 0.332 e. The van der Waals surface area contributed by atoms with Crippen LogP contribution in [0.15, 0.2) is 18.2 Å². The third-order valence-corrected chi connectivity index (χ3v) is 2.24. The molecule has 0 fully saturated rings. The van der Waals surface area contributed by atoms with E-state index in [-0.39, 0.29) is 17.2 Å². The molecule has 1 N–H and O–H groups in total. The summed E-state index contributed by atoms with van der Waals surface area (Å²) in [4.78, 5) is 10.4. The SMILES string of the molecule is C[C@H](OCc1c(F)cccc1Cl)C(=O)O. The summed E-state index contributed by atoms with van der Waals surface area (Å²) in [7, 11) is 0. The van der Waals surface area contributed by atoms with Crippen molar-refractivity contribution in [3.63, 3.8) is 0 Å². The zero-order valence-electron chi connectivity index (χ0n) is 8.04. The largest absolute Gasteiger partial charge is 0.479 e. The van der Waals surface area contributed by atoms with E-state index in [1.807, 2.05) is 0 Å². The van der Waals surface area contributed by atoms with Crippen molar-refractivity contribution in [2.75, 3.05) is 0 Å². The van der Waals surface area contributed by atoms with Crippen LogP contribution in [-0.2, 0) is 16.1 Å². The number of ether oxygens (including phenoxy) is 1. The molecule has 0 aliphatic rings. The van der Waals surface area contributed by atoms with Gasteiger partial charge in [-0.3, -0.25) is 0 Å². The molecule has 0 aliphatic carbocycles. The van der Waals surface area contributed by atoms with E-state index in [1.54, 1.807) is 0 Å². The highest BCUT2D eigenvalue weighted by atomic mass is 35.5. The van der Waals surface area contributed by atoms with Crippen LogP contribution in [0.4, 0.5) is 4.39 Å². The van der Waals surface area contributed by atoms with Crippen LogP contribution < -0.4 is 0 Å². The first-order valence-corrected chi connectivity index (χ1v) is 4.67. The Morgan fingerprint density at radius 2 is 2.33 bits per heavy atom. The Kier molecular flexibility index (Phi) is 4.05. The van der Waals surface area contributed by atoms with Gasteiger partial charge in [0.05, 0.1) is 6.61 Å². The van der Waals surface area contributed by atoms with Crippen LogP contribution in [0.2, 0.25) is 5.02 Å². The van der Waals surface area contributed by atoms with E-state index in [2.05, 4.69) is 0 Å². The molecule has 0 saturated heterocycles. The maximum absolute atomic E-state index is 13.2. The van der Waals surface area contributed by atoms with Crippen LogP contribution in [0.3, 0.4) is 0 Å². The van der Waals surface area contributed by atoms with Gasteiger partial charge in [-0.25, -0.2) is 9.18 Å². The Morgan fingerprint density at radius 3 is 2.87 bits per heavy atom. The number of hydrogen-bond donors (Lipinski definition) is 1. The second-order valence-corrected chi connectivity index (χ2v) is 3.40. The van der Waals surface area contributed by atoms with Gasteiger partial charge in [-0.15, -0.1) is 0 Å². The highest BCUT2D eigenvalue weighted by Crippen LogP contribution is 2.20. The van der Waals surface area contributed by atoms with Gasteiger partial charge in [-0.1, -0.05) is 17.7 Å². The highest BCUT2D eigenvalue weighted by molar-refractivity contribution is 6.31. The van der Waals surface area contributed by atoms with E-state index < -0.39 is 17.9 Å². The third-order valence-electron chi connectivity index (χ3n) is 1.89. The summed E-state index contributed by atoms with van der Waals surface area (Å²) < 4.78 is 18.1. The van der Waals surface area contributed by atoms with Crippen molar-refractivity contribution in [3.8, 4) is 0 Å². The molecule has 3 nitrogen and oxygen atoms in total. The van der Waals surface area contributed by atoms with E-state index in [9.17, 15) is 9.18 Å². The van der Waals surface area contributed by atoms with E-state index in [4.69, 9.17) is 21.4 Å². The molecule has 0 spiro atoms. The molecule has 1 atom stereocenters. The first-order chi connectivity index (χ1) is 7.02. The van der Waals surface area contributed by atoms with Gasteiger partial charge < -0.3 is 9.84 Å². The van der Waals surface area contributed by atoms with Crippen molar-refractivity contribution in [3.05, 3.63) is 34.6 Å². The Bertz CT molecular complexity index is 347. The van der Waals surface area contributed by atoms with Crippen LogP contribution in [0, 0.1) is 5.82 Å². The molecule has 0 unspecified atom stereocenters. The fourth-order valence-electron chi connectivity index (χ4n) is 0.950. The summed E-state index contributed by atoms with van der Waals surface area (Å²) in [5, 5.41) is 8.78. The molecular formula is C10H10ClFO3. The molecule has 0 bridgehead atoms. The second kappa shape index (κ2) is 5.09. The minimum Gasteiger partial charge on any atom is -0.479 e. The number of aliphatic carboxylic acids is 1. The van der Waals surface area contributed by atoms with Crippen molar-refractivity contribution in [1.29, 1.82) is 0 Å². The average Bonchev–Trinajstić information content (AvgIpc) is 2.16. The zero-order valence-corrected chi connectivity index (χ0v) is 8.79. The summed E-state index contributed by atoms with van der Waals surface area (Å²) in [5.74, 6) is -1.59. The standard InChI is InChI=1S/C10H10ClFO3/c1-6(10(13)14)15-5-7-8(11)3-2-4-9(7)12/h2-4,6H,5H2,1H3,(H,13,14)/t6-/m0/s1. The molecule has 1 aromatic rings. The predicted octanol–water partition coefficient (Wildman–Crippen LogP) is 2.47. The van der Waals surface area contributed by atoms with Gasteiger partial charge in [0, 0.05) is 10.6 Å². The zero-order chi connectivity index (χ0) is 11.4. The number of carbonyl (C=O) groups is 1. The van der Waals surface area contributed by atoms with Crippen molar-refractivity contribution in [2.24, 2.45) is 0 Å². The Morgan fingerprint density at radius 1 is 1.67 bits per heavy atom. The van der Waals surface area contributed by atoms with E-state index >= 15 is 0 Å². The number of rotatable bonds is 4. The fourth-order valence-corrected chi connectivity index (χ4v) is 1.17. The van der Waals surface area contributed by atoms with Gasteiger partial charge in [0.25, 0.3) is 0 Å². The molecule has 0 saturated carbocycles. The summed E-state index contributed by atoms with van der Waals surface area (Å²) in [5.41, 5.74) is 0.173. The number of carboxylic acid groups (broad SMARTS) is 1. The second-order valence-electron chi connectivity index (χ2n) is 2.99. The number of halogens is 2. The van der Waals surface area contributed by atoms with Gasteiger partial charge in [-0.05, 0) is 19.1 Å². The Balaban J connectivity index is 2.69. The molecule has 0 radical (unpaired) electrons. The maximum atomic E-state index is 13.2. The predicted molar refractivity (Wildman–Crippen MR) is 53.3 cm³/mol. The van der Waals surface area contributed by atoms with Crippen molar-refractivity contribution < 1.29 is 19.0 Å². The van der Waals surface area contributed by atoms with E-state index in [0.29, 0.717) is 0 Å². The number of carboxylic acids is 1. The molecule has 0 heterocycles. The van der Waals surface area contributed by atoms with Gasteiger partial charge in [0.2, 0.25) is 0 Å². The van der Waals surface area contributed by atoms with Crippen LogP contribution >= 0.6 is 11.6 Å². The van der Waals surface area contributed by atoms with Gasteiger partial charge >= 0.3 is 5.97 Å². The van der Waals surface area contributed by atoms with Crippen molar-refractivity contribution in [2.45, 2.75) is 19.6 Å². The lowest BCUT2D eigenvalue weighted by Crippen LogP contribution is -2.19. The van der Waals surface area contributed by atoms with Gasteiger partial charge in [-0.2, -0.15) is 0 Å². The normalized spacial score (nSPS) is 12.5. The number of hydrogen-bond acceptors (Lipinski definition) is 2. The quantitative estimate of drug-likeness (QED) is 0.868. The molecule has 5 heteroatoms. The Labute approximate surface area is 91.4 Å². The minimum absolute atomic E-state index is 0.154. The lowest BCUT2D eigenvalue weighted by Gasteiger charge is -2.10. The van der Waals surface area contributed by atoms with Crippen LogP contribution in [-0.4, -0.2) is 17.2 Å². The molecule has 0 amide bonds. The van der Waals surface area contributed by atoms with Crippen molar-refractivity contribution >= 4 is 17.6 Å². The lowest BCUT2D eigenvalue weighted by atomic mass is 10.2. The van der Waals surface area contributed by atoms with Gasteiger partial charge in [0.15, 0.2) is 6.10 Å². The fraction of sp³-hybridized carbons (Fsp3) is 0.300. The third kappa shape index (κ3) is 3.18. The van der Waals surface area contributed by atoms with Crippen LogP contribution in [0.25, 0.3) is 0 Å². The minimum atomic E-state index is -1.09. The molecule has 0 aliphatic heterocycles.